The van der Waals surface area contributed by atoms with Gasteiger partial charge in [0, 0.05) is 24.6 Å². The van der Waals surface area contributed by atoms with Gasteiger partial charge in [-0.3, -0.25) is 0 Å². The lowest BCUT2D eigenvalue weighted by Crippen LogP contribution is -2.29. The zero-order valence-corrected chi connectivity index (χ0v) is 7.87. The highest BCUT2D eigenvalue weighted by atomic mass is 32.1. The minimum absolute atomic E-state index is 0.0134. The maximum Gasteiger partial charge on any atom is 0.233 e. The summed E-state index contributed by atoms with van der Waals surface area (Å²) in [5.74, 6) is 0.223. The van der Waals surface area contributed by atoms with Crippen molar-refractivity contribution < 1.29 is 10.2 Å². The van der Waals surface area contributed by atoms with Crippen LogP contribution in [0.1, 0.15) is 0 Å². The fraction of sp³-hybridized carbons (Fsp3) is 0.667. The van der Waals surface area contributed by atoms with Crippen LogP contribution >= 0.6 is 11.5 Å². The molecule has 0 amide bonds. The molecular weight excluding hydrogens is 192 g/mol. The lowest BCUT2D eigenvalue weighted by Gasteiger charge is -2.18. The number of nitrogens with zero attached hydrogens (tertiary/aromatic N) is 3. The normalized spacial score (nSPS) is 10.3. The summed E-state index contributed by atoms with van der Waals surface area (Å²) in [6.07, 6.45) is 0. The number of hydrogen-bond donors (Lipinski definition) is 3. The number of aliphatic hydroxyl groups excluding tert-OH is 2. The number of aromatic nitrogens is 2. The summed E-state index contributed by atoms with van der Waals surface area (Å²) in [6.45, 7) is 0.878. The summed E-state index contributed by atoms with van der Waals surface area (Å²) in [7, 11) is 0. The SMILES string of the molecule is Nc1nsc(N(CCO)CCO)n1. The van der Waals surface area contributed by atoms with Crippen LogP contribution in [0.25, 0.3) is 0 Å². The second-order valence-electron chi connectivity index (χ2n) is 2.37. The van der Waals surface area contributed by atoms with E-state index in [0.29, 0.717) is 18.2 Å². The Morgan fingerprint density at radius 1 is 1.31 bits per heavy atom. The van der Waals surface area contributed by atoms with E-state index < -0.39 is 0 Å². The number of hydrogen-bond acceptors (Lipinski definition) is 7. The van der Waals surface area contributed by atoms with Crippen LogP contribution in [0.15, 0.2) is 0 Å². The van der Waals surface area contributed by atoms with Crippen LogP contribution in [0.3, 0.4) is 0 Å². The van der Waals surface area contributed by atoms with Crippen molar-refractivity contribution in [2.45, 2.75) is 0 Å². The van der Waals surface area contributed by atoms with Gasteiger partial charge >= 0.3 is 0 Å². The first-order chi connectivity index (χ1) is 6.27. The second-order valence-corrected chi connectivity index (χ2v) is 3.10. The molecule has 74 valence electrons. The fourth-order valence-electron chi connectivity index (χ4n) is 0.899. The molecule has 0 radical (unpaired) electrons. The summed E-state index contributed by atoms with van der Waals surface area (Å²) in [6, 6.07) is 0. The molecule has 0 aliphatic carbocycles. The highest BCUT2D eigenvalue weighted by Crippen LogP contribution is 2.17. The number of anilines is 2. The van der Waals surface area contributed by atoms with Gasteiger partial charge in [-0.1, -0.05) is 0 Å². The fourth-order valence-corrected chi connectivity index (χ4v) is 1.55. The van der Waals surface area contributed by atoms with Crippen LogP contribution in [0.2, 0.25) is 0 Å². The van der Waals surface area contributed by atoms with E-state index in [0.717, 1.165) is 11.5 Å². The molecule has 0 unspecified atom stereocenters. The van der Waals surface area contributed by atoms with Crippen molar-refractivity contribution in [3.63, 3.8) is 0 Å². The van der Waals surface area contributed by atoms with Crippen molar-refractivity contribution in [1.82, 2.24) is 9.36 Å². The van der Waals surface area contributed by atoms with Crippen LogP contribution in [-0.2, 0) is 0 Å². The van der Waals surface area contributed by atoms with E-state index >= 15 is 0 Å². The van der Waals surface area contributed by atoms with Crippen LogP contribution in [-0.4, -0.2) is 45.9 Å². The topological polar surface area (TPSA) is 95.5 Å². The van der Waals surface area contributed by atoms with Gasteiger partial charge in [0.15, 0.2) is 0 Å². The third-order valence-electron chi connectivity index (χ3n) is 1.44. The average molecular weight is 204 g/mol. The van der Waals surface area contributed by atoms with Crippen molar-refractivity contribution in [1.29, 1.82) is 0 Å². The monoisotopic (exact) mass is 204 g/mol. The van der Waals surface area contributed by atoms with Crippen LogP contribution in [0.5, 0.6) is 0 Å². The van der Waals surface area contributed by atoms with Gasteiger partial charge in [0.25, 0.3) is 0 Å². The Morgan fingerprint density at radius 3 is 2.31 bits per heavy atom. The second kappa shape index (κ2) is 4.95. The maximum absolute atomic E-state index is 8.73. The first-order valence-corrected chi connectivity index (χ1v) is 4.61. The highest BCUT2D eigenvalue weighted by Gasteiger charge is 2.09. The van der Waals surface area contributed by atoms with Gasteiger partial charge in [0.2, 0.25) is 11.1 Å². The molecule has 0 atom stereocenters. The maximum atomic E-state index is 8.73. The van der Waals surface area contributed by atoms with Gasteiger partial charge in [-0.05, 0) is 0 Å². The summed E-state index contributed by atoms with van der Waals surface area (Å²) in [4.78, 5) is 5.67. The molecule has 1 aromatic heterocycles. The number of aliphatic hydroxyl groups is 2. The van der Waals surface area contributed by atoms with Crippen molar-refractivity contribution in [3.8, 4) is 0 Å². The van der Waals surface area contributed by atoms with Gasteiger partial charge in [-0.15, -0.1) is 0 Å². The summed E-state index contributed by atoms with van der Waals surface area (Å²) in [5.41, 5.74) is 5.35. The van der Waals surface area contributed by atoms with Gasteiger partial charge < -0.3 is 20.8 Å². The molecule has 1 heterocycles. The van der Waals surface area contributed by atoms with E-state index in [1.807, 2.05) is 0 Å². The van der Waals surface area contributed by atoms with E-state index in [1.165, 1.54) is 0 Å². The lowest BCUT2D eigenvalue weighted by atomic mass is 10.5. The predicted molar refractivity (Wildman–Crippen MR) is 50.7 cm³/mol. The van der Waals surface area contributed by atoms with Gasteiger partial charge in [0.1, 0.15) is 0 Å². The number of nitrogens with two attached hydrogens (primary N) is 1. The first-order valence-electron chi connectivity index (χ1n) is 3.83. The van der Waals surface area contributed by atoms with Crippen molar-refractivity contribution >= 4 is 22.6 Å². The summed E-state index contributed by atoms with van der Waals surface area (Å²) >= 11 is 1.16. The quantitative estimate of drug-likeness (QED) is 0.564. The molecule has 13 heavy (non-hydrogen) atoms. The largest absolute Gasteiger partial charge is 0.395 e. The molecule has 0 fully saturated rings. The third kappa shape index (κ3) is 2.79. The Kier molecular flexibility index (Phi) is 3.87. The summed E-state index contributed by atoms with van der Waals surface area (Å²) < 4.78 is 3.81. The number of nitrogen functional groups attached to an aromatic ring is 1. The zero-order chi connectivity index (χ0) is 9.68. The molecule has 0 saturated heterocycles. The summed E-state index contributed by atoms with van der Waals surface area (Å²) in [5, 5.41) is 18.1. The highest BCUT2D eigenvalue weighted by molar-refractivity contribution is 7.09. The molecule has 4 N–H and O–H groups in total. The van der Waals surface area contributed by atoms with Gasteiger partial charge in [-0.25, -0.2) is 0 Å². The molecule has 0 spiro atoms. The minimum atomic E-state index is 0.0134. The Balaban J connectivity index is 2.63. The minimum Gasteiger partial charge on any atom is -0.395 e. The Bertz CT molecular complexity index is 249. The predicted octanol–water partition coefficient (Wildman–Crippen LogP) is -1.09. The molecule has 0 aliphatic rings. The number of rotatable bonds is 5. The molecule has 1 rings (SSSR count). The van der Waals surface area contributed by atoms with Crippen LogP contribution < -0.4 is 10.6 Å². The van der Waals surface area contributed by atoms with E-state index in [-0.39, 0.29) is 19.2 Å². The van der Waals surface area contributed by atoms with E-state index in [9.17, 15) is 0 Å². The molecule has 1 aromatic rings. The molecule has 0 aliphatic heterocycles. The molecule has 6 nitrogen and oxygen atoms in total. The van der Waals surface area contributed by atoms with Gasteiger partial charge in [0.05, 0.1) is 13.2 Å². The van der Waals surface area contributed by atoms with E-state index in [2.05, 4.69) is 9.36 Å². The standard InChI is InChI=1S/C6H12N4O2S/c7-5-8-6(13-9-5)10(1-3-11)2-4-12/h11-12H,1-4H2,(H2,7,9). The molecule has 0 saturated carbocycles. The van der Waals surface area contributed by atoms with E-state index in [4.69, 9.17) is 15.9 Å². The van der Waals surface area contributed by atoms with Crippen LogP contribution in [0.4, 0.5) is 11.1 Å². The Morgan fingerprint density at radius 2 is 1.92 bits per heavy atom. The first kappa shape index (κ1) is 10.2. The van der Waals surface area contributed by atoms with E-state index in [1.54, 1.807) is 4.90 Å². The van der Waals surface area contributed by atoms with Crippen molar-refractivity contribution in [2.24, 2.45) is 0 Å². The lowest BCUT2D eigenvalue weighted by molar-refractivity contribution is 0.281. The Hall–Kier alpha value is -0.920. The van der Waals surface area contributed by atoms with Gasteiger partial charge in [-0.2, -0.15) is 9.36 Å². The zero-order valence-electron chi connectivity index (χ0n) is 7.05. The van der Waals surface area contributed by atoms with Crippen molar-refractivity contribution in [3.05, 3.63) is 0 Å². The Labute approximate surface area is 79.8 Å². The van der Waals surface area contributed by atoms with Crippen LogP contribution in [0, 0.1) is 0 Å². The molecule has 7 heteroatoms. The molecular formula is C6H12N4O2S. The molecule has 0 bridgehead atoms. The third-order valence-corrected chi connectivity index (χ3v) is 2.23. The van der Waals surface area contributed by atoms with Crippen molar-refractivity contribution in [2.75, 3.05) is 36.9 Å². The molecule has 0 aromatic carbocycles. The smallest absolute Gasteiger partial charge is 0.233 e. The average Bonchev–Trinajstić information content (AvgIpc) is 2.51.